The lowest BCUT2D eigenvalue weighted by Gasteiger charge is -2.07. The van der Waals surface area contributed by atoms with Crippen molar-refractivity contribution in [2.45, 2.75) is 25.0 Å². The first-order valence-corrected chi connectivity index (χ1v) is 5.05. The summed E-state index contributed by atoms with van der Waals surface area (Å²) in [6.45, 7) is 5.66. The first-order valence-electron chi connectivity index (χ1n) is 4.00. The zero-order chi connectivity index (χ0) is 9.40. The smallest absolute Gasteiger partial charge is 0.306 e. The summed E-state index contributed by atoms with van der Waals surface area (Å²) in [7, 11) is 1.42. The van der Waals surface area contributed by atoms with Crippen molar-refractivity contribution in [1.29, 1.82) is 0 Å². The van der Waals surface area contributed by atoms with Crippen molar-refractivity contribution in [3.05, 3.63) is 12.7 Å². The molecule has 2 nitrogen and oxygen atoms in total. The van der Waals surface area contributed by atoms with Gasteiger partial charge in [0.15, 0.2) is 0 Å². The van der Waals surface area contributed by atoms with Gasteiger partial charge in [-0.3, -0.25) is 4.79 Å². The highest BCUT2D eigenvalue weighted by molar-refractivity contribution is 7.99. The van der Waals surface area contributed by atoms with Gasteiger partial charge in [0.25, 0.3) is 0 Å². The Morgan fingerprint density at radius 1 is 1.75 bits per heavy atom. The van der Waals surface area contributed by atoms with Crippen LogP contribution in [-0.4, -0.2) is 24.1 Å². The van der Waals surface area contributed by atoms with Crippen LogP contribution in [0.1, 0.15) is 19.8 Å². The second-order valence-electron chi connectivity index (χ2n) is 2.54. The van der Waals surface area contributed by atoms with Gasteiger partial charge >= 0.3 is 5.97 Å². The second kappa shape index (κ2) is 7.22. The standard InChI is InChI=1S/C9H16O2S/c1-4-5-6-12-8(2)7-9(10)11-3/h4,8H,1,5-7H2,2-3H3. The minimum absolute atomic E-state index is 0.131. The number of hydrogen-bond acceptors (Lipinski definition) is 3. The lowest BCUT2D eigenvalue weighted by atomic mass is 10.3. The van der Waals surface area contributed by atoms with Crippen LogP contribution in [0, 0.1) is 0 Å². The van der Waals surface area contributed by atoms with Crippen LogP contribution in [0.15, 0.2) is 12.7 Å². The molecule has 0 radical (unpaired) electrons. The number of hydrogen-bond donors (Lipinski definition) is 0. The van der Waals surface area contributed by atoms with Gasteiger partial charge in [0.05, 0.1) is 13.5 Å². The van der Waals surface area contributed by atoms with Crippen molar-refractivity contribution in [3.63, 3.8) is 0 Å². The van der Waals surface area contributed by atoms with E-state index in [2.05, 4.69) is 11.3 Å². The first-order chi connectivity index (χ1) is 5.70. The number of carbonyl (C=O) groups is 1. The molecule has 1 unspecified atom stereocenters. The lowest BCUT2D eigenvalue weighted by Crippen LogP contribution is -2.08. The van der Waals surface area contributed by atoms with E-state index in [1.165, 1.54) is 7.11 Å². The molecule has 70 valence electrons. The zero-order valence-corrected chi connectivity index (χ0v) is 8.52. The van der Waals surface area contributed by atoms with Crippen LogP contribution in [0.3, 0.4) is 0 Å². The van der Waals surface area contributed by atoms with Gasteiger partial charge in [-0.2, -0.15) is 11.8 Å². The summed E-state index contributed by atoms with van der Waals surface area (Å²) in [6, 6.07) is 0. The number of carbonyl (C=O) groups excluding carboxylic acids is 1. The van der Waals surface area contributed by atoms with Gasteiger partial charge in [-0.15, -0.1) is 6.58 Å². The Bertz CT molecular complexity index is 145. The minimum Gasteiger partial charge on any atom is -0.469 e. The van der Waals surface area contributed by atoms with E-state index in [-0.39, 0.29) is 5.97 Å². The molecule has 1 atom stereocenters. The highest BCUT2D eigenvalue weighted by Crippen LogP contribution is 2.15. The Kier molecular flexibility index (Phi) is 6.96. The Balaban J connectivity index is 3.38. The van der Waals surface area contributed by atoms with Gasteiger partial charge in [-0.1, -0.05) is 13.0 Å². The molecule has 12 heavy (non-hydrogen) atoms. The maximum atomic E-state index is 10.8. The third-order valence-corrected chi connectivity index (χ3v) is 2.61. The molecule has 0 aromatic rings. The van der Waals surface area contributed by atoms with Crippen molar-refractivity contribution in [2.75, 3.05) is 12.9 Å². The van der Waals surface area contributed by atoms with Crippen LogP contribution >= 0.6 is 11.8 Å². The minimum atomic E-state index is -0.131. The van der Waals surface area contributed by atoms with Crippen LogP contribution in [0.5, 0.6) is 0 Å². The molecule has 0 heterocycles. The van der Waals surface area contributed by atoms with Crippen LogP contribution < -0.4 is 0 Å². The molecule has 0 rings (SSSR count). The van der Waals surface area contributed by atoms with Gasteiger partial charge in [-0.25, -0.2) is 0 Å². The van der Waals surface area contributed by atoms with E-state index in [4.69, 9.17) is 0 Å². The van der Waals surface area contributed by atoms with E-state index >= 15 is 0 Å². The molecule has 0 amide bonds. The SMILES string of the molecule is C=CCCSC(C)CC(=O)OC. The van der Waals surface area contributed by atoms with E-state index in [1.54, 1.807) is 11.8 Å². The number of rotatable bonds is 6. The second-order valence-corrected chi connectivity index (χ2v) is 4.09. The van der Waals surface area contributed by atoms with Crippen LogP contribution in [0.25, 0.3) is 0 Å². The molecule has 0 spiro atoms. The van der Waals surface area contributed by atoms with Gasteiger partial charge in [-0.05, 0) is 12.2 Å². The number of thioether (sulfide) groups is 1. The average molecular weight is 188 g/mol. The third-order valence-electron chi connectivity index (χ3n) is 1.41. The number of methoxy groups -OCH3 is 1. The molecule has 0 saturated heterocycles. The predicted molar refractivity (Wildman–Crippen MR) is 53.4 cm³/mol. The quantitative estimate of drug-likeness (QED) is 0.363. The molecule has 0 aromatic heterocycles. The highest BCUT2D eigenvalue weighted by atomic mass is 32.2. The zero-order valence-electron chi connectivity index (χ0n) is 7.71. The van der Waals surface area contributed by atoms with Crippen molar-refractivity contribution >= 4 is 17.7 Å². The topological polar surface area (TPSA) is 26.3 Å². The molecule has 0 saturated carbocycles. The maximum absolute atomic E-state index is 10.8. The van der Waals surface area contributed by atoms with Gasteiger partial charge < -0.3 is 4.74 Å². The third kappa shape index (κ3) is 6.28. The fraction of sp³-hybridized carbons (Fsp3) is 0.667. The first kappa shape index (κ1) is 11.6. The molecular formula is C9H16O2S. The molecule has 0 N–H and O–H groups in total. The Labute approximate surface area is 78.4 Å². The largest absolute Gasteiger partial charge is 0.469 e. The van der Waals surface area contributed by atoms with Crippen molar-refractivity contribution in [1.82, 2.24) is 0 Å². The fourth-order valence-corrected chi connectivity index (χ4v) is 1.69. The predicted octanol–water partition coefficient (Wildman–Crippen LogP) is 2.25. The van der Waals surface area contributed by atoms with E-state index in [1.807, 2.05) is 13.0 Å². The van der Waals surface area contributed by atoms with E-state index in [0.717, 1.165) is 12.2 Å². The highest BCUT2D eigenvalue weighted by Gasteiger charge is 2.08. The van der Waals surface area contributed by atoms with Gasteiger partial charge in [0.1, 0.15) is 0 Å². The normalized spacial score (nSPS) is 12.2. The summed E-state index contributed by atoms with van der Waals surface area (Å²) >= 11 is 1.77. The molecule has 0 aliphatic heterocycles. The molecule has 0 aliphatic rings. The van der Waals surface area contributed by atoms with Crippen LogP contribution in [0.4, 0.5) is 0 Å². The molecule has 0 aromatic carbocycles. The van der Waals surface area contributed by atoms with Gasteiger partial charge in [0.2, 0.25) is 0 Å². The Morgan fingerprint density at radius 2 is 2.42 bits per heavy atom. The van der Waals surface area contributed by atoms with Crippen LogP contribution in [-0.2, 0) is 9.53 Å². The fourth-order valence-electron chi connectivity index (χ4n) is 0.730. The summed E-state index contributed by atoms with van der Waals surface area (Å²) < 4.78 is 4.55. The molecule has 0 bridgehead atoms. The Hall–Kier alpha value is -0.440. The average Bonchev–Trinajstić information content (AvgIpc) is 2.05. The number of ether oxygens (including phenoxy) is 1. The van der Waals surface area contributed by atoms with Crippen molar-refractivity contribution in [2.24, 2.45) is 0 Å². The summed E-state index contributed by atoms with van der Waals surface area (Å²) in [6.07, 6.45) is 3.38. The molecule has 3 heteroatoms. The Morgan fingerprint density at radius 3 is 2.92 bits per heavy atom. The summed E-state index contributed by atoms with van der Waals surface area (Å²) in [5, 5.41) is 0.345. The number of esters is 1. The summed E-state index contributed by atoms with van der Waals surface area (Å²) in [5.41, 5.74) is 0. The van der Waals surface area contributed by atoms with Gasteiger partial charge in [0, 0.05) is 5.25 Å². The number of allylic oxidation sites excluding steroid dienone is 1. The van der Waals surface area contributed by atoms with Crippen LogP contribution in [0.2, 0.25) is 0 Å². The molecule has 0 fully saturated rings. The summed E-state index contributed by atoms with van der Waals surface area (Å²) in [4.78, 5) is 10.8. The van der Waals surface area contributed by atoms with E-state index in [9.17, 15) is 4.79 Å². The van der Waals surface area contributed by atoms with E-state index in [0.29, 0.717) is 11.7 Å². The van der Waals surface area contributed by atoms with E-state index < -0.39 is 0 Å². The molecule has 0 aliphatic carbocycles. The summed E-state index contributed by atoms with van der Waals surface area (Å²) in [5.74, 6) is 0.899. The monoisotopic (exact) mass is 188 g/mol. The van der Waals surface area contributed by atoms with Crippen molar-refractivity contribution in [3.8, 4) is 0 Å². The molecular weight excluding hydrogens is 172 g/mol. The lowest BCUT2D eigenvalue weighted by molar-refractivity contribution is -0.140. The maximum Gasteiger partial charge on any atom is 0.306 e. The van der Waals surface area contributed by atoms with Crippen molar-refractivity contribution < 1.29 is 9.53 Å².